The van der Waals surface area contributed by atoms with E-state index in [1.165, 1.54) is 50.8 Å². The molecule has 0 saturated heterocycles. The molecule has 0 radical (unpaired) electrons. The van der Waals surface area contributed by atoms with Gasteiger partial charge in [0.25, 0.3) is 0 Å². The Balaban J connectivity index is 2.60. The van der Waals surface area contributed by atoms with Gasteiger partial charge in [-0.1, -0.05) is 32.1 Å². The fourth-order valence-electron chi connectivity index (χ4n) is 2.63. The van der Waals surface area contributed by atoms with Crippen LogP contribution in [0.4, 0.5) is 0 Å². The minimum Gasteiger partial charge on any atom is -0.512 e. The average Bonchev–Trinajstić information content (AvgIpc) is 2.37. The van der Waals surface area contributed by atoms with Crippen molar-refractivity contribution in [2.75, 3.05) is 12.8 Å². The van der Waals surface area contributed by atoms with Crippen LogP contribution < -0.4 is 0 Å². The summed E-state index contributed by atoms with van der Waals surface area (Å²) in [5, 5.41) is 10.3. The molecule has 19 heavy (non-hydrogen) atoms. The molecular formula is C15H25NO2S. The largest absolute Gasteiger partial charge is 0.512 e. The highest BCUT2D eigenvalue weighted by Gasteiger charge is 2.16. The lowest BCUT2D eigenvalue weighted by Crippen LogP contribution is -2.12. The zero-order chi connectivity index (χ0) is 14.3. The van der Waals surface area contributed by atoms with Crippen LogP contribution in [0.5, 0.6) is 0 Å². The molecule has 0 atom stereocenters. The Morgan fingerprint density at radius 2 is 1.89 bits per heavy atom. The van der Waals surface area contributed by atoms with Crippen LogP contribution in [-0.4, -0.2) is 28.7 Å². The molecule has 0 aromatic carbocycles. The summed E-state index contributed by atoms with van der Waals surface area (Å²) >= 11 is 1.43. The van der Waals surface area contributed by atoms with Crippen LogP contribution in [0.15, 0.2) is 16.3 Å². The summed E-state index contributed by atoms with van der Waals surface area (Å²) in [4.78, 5) is 16.1. The Bertz CT molecular complexity index is 364. The zero-order valence-corrected chi connectivity index (χ0v) is 13.1. The number of Topliss-reactive ketones (excluding diaryl/α,β-unsaturated/α-hetero) is 1. The van der Waals surface area contributed by atoms with Crippen LogP contribution >= 0.6 is 11.8 Å². The highest BCUT2D eigenvalue weighted by Crippen LogP contribution is 2.26. The van der Waals surface area contributed by atoms with Crippen molar-refractivity contribution in [2.24, 2.45) is 10.9 Å². The molecule has 0 aromatic rings. The summed E-state index contributed by atoms with van der Waals surface area (Å²) < 4.78 is 0. The third-order valence-corrected chi connectivity index (χ3v) is 4.36. The van der Waals surface area contributed by atoms with Gasteiger partial charge in [0.05, 0.1) is 5.57 Å². The number of hydrogen-bond acceptors (Lipinski definition) is 4. The molecule has 108 valence electrons. The predicted octanol–water partition coefficient (Wildman–Crippen LogP) is 4.14. The number of hydrogen-bond donors (Lipinski definition) is 1. The topological polar surface area (TPSA) is 49.7 Å². The molecule has 1 fully saturated rings. The van der Waals surface area contributed by atoms with Crippen LogP contribution in [0.25, 0.3) is 0 Å². The summed E-state index contributed by atoms with van der Waals surface area (Å²) in [5.41, 5.74) is 0.371. The molecule has 0 spiro atoms. The van der Waals surface area contributed by atoms with Crippen molar-refractivity contribution < 1.29 is 9.90 Å². The van der Waals surface area contributed by atoms with Crippen molar-refractivity contribution in [2.45, 2.75) is 52.4 Å². The van der Waals surface area contributed by atoms with Gasteiger partial charge < -0.3 is 5.11 Å². The molecule has 1 aliphatic carbocycles. The summed E-state index contributed by atoms with van der Waals surface area (Å²) in [6.07, 6.45) is 9.69. The number of aliphatic hydroxyl groups excluding tert-OH is 1. The number of thioether (sulfide) groups is 1. The van der Waals surface area contributed by atoms with Crippen molar-refractivity contribution in [3.05, 3.63) is 11.3 Å². The molecule has 3 nitrogen and oxygen atoms in total. The Hall–Kier alpha value is -0.770. The molecule has 4 heteroatoms. The van der Waals surface area contributed by atoms with E-state index in [2.05, 4.69) is 4.99 Å². The van der Waals surface area contributed by atoms with E-state index in [9.17, 15) is 9.90 Å². The third kappa shape index (κ3) is 5.39. The molecule has 1 N–H and O–H groups in total. The number of aliphatic imine (C=N–C) groups is 1. The fourth-order valence-corrected chi connectivity index (χ4v) is 3.35. The first-order chi connectivity index (χ1) is 9.06. The molecule has 0 bridgehead atoms. The van der Waals surface area contributed by atoms with Gasteiger partial charge in [0, 0.05) is 6.54 Å². The van der Waals surface area contributed by atoms with Gasteiger partial charge in [-0.05, 0) is 32.4 Å². The summed E-state index contributed by atoms with van der Waals surface area (Å²) in [6.45, 7) is 3.77. The zero-order valence-electron chi connectivity index (χ0n) is 12.2. The molecule has 0 heterocycles. The van der Waals surface area contributed by atoms with Crippen LogP contribution in [0.3, 0.4) is 0 Å². The lowest BCUT2D eigenvalue weighted by atomic mass is 9.87. The van der Waals surface area contributed by atoms with E-state index in [1.807, 2.05) is 6.26 Å². The summed E-state index contributed by atoms with van der Waals surface area (Å²) in [7, 11) is 0. The Morgan fingerprint density at radius 3 is 2.37 bits per heavy atom. The van der Waals surface area contributed by atoms with Crippen molar-refractivity contribution in [3.63, 3.8) is 0 Å². The first kappa shape index (κ1) is 16.3. The van der Waals surface area contributed by atoms with Crippen molar-refractivity contribution in [1.29, 1.82) is 0 Å². The van der Waals surface area contributed by atoms with Crippen molar-refractivity contribution in [3.8, 4) is 0 Å². The van der Waals surface area contributed by atoms with Crippen LogP contribution in [-0.2, 0) is 4.79 Å². The van der Waals surface area contributed by atoms with E-state index >= 15 is 0 Å². The molecule has 1 saturated carbocycles. The Labute approximate surface area is 120 Å². The van der Waals surface area contributed by atoms with E-state index in [-0.39, 0.29) is 11.5 Å². The van der Waals surface area contributed by atoms with Gasteiger partial charge in [0.15, 0.2) is 5.78 Å². The van der Waals surface area contributed by atoms with Gasteiger partial charge in [-0.25, -0.2) is 0 Å². The number of rotatable bonds is 5. The molecule has 0 aromatic heterocycles. The number of carbonyl (C=O) groups is 1. The smallest absolute Gasteiger partial charge is 0.165 e. The van der Waals surface area contributed by atoms with E-state index in [4.69, 9.17) is 0 Å². The normalized spacial score (nSPS) is 19.2. The molecular weight excluding hydrogens is 258 g/mol. The minimum atomic E-state index is -0.120. The summed E-state index contributed by atoms with van der Waals surface area (Å²) in [5.74, 6) is 0.740. The van der Waals surface area contributed by atoms with Gasteiger partial charge in [0.1, 0.15) is 10.8 Å². The first-order valence-electron chi connectivity index (χ1n) is 7.05. The number of ketones is 1. The standard InChI is InChI=1S/C15H25NO2S/c1-11(17)14(12(2)18)15(19-3)16-10-9-13-7-5-4-6-8-13/h13,17H,4-10H2,1-3H3/b14-11-,16-15?. The van der Waals surface area contributed by atoms with E-state index in [0.29, 0.717) is 10.6 Å². The minimum absolute atomic E-state index is 0.0678. The monoisotopic (exact) mass is 283 g/mol. The van der Waals surface area contributed by atoms with Gasteiger partial charge >= 0.3 is 0 Å². The number of carbonyl (C=O) groups excluding carboxylic acids is 1. The number of nitrogens with zero attached hydrogens (tertiary/aromatic N) is 1. The molecule has 0 amide bonds. The van der Waals surface area contributed by atoms with E-state index < -0.39 is 0 Å². The van der Waals surface area contributed by atoms with E-state index in [1.54, 1.807) is 6.92 Å². The van der Waals surface area contributed by atoms with Crippen LogP contribution in [0.1, 0.15) is 52.4 Å². The maximum Gasteiger partial charge on any atom is 0.165 e. The fraction of sp³-hybridized carbons (Fsp3) is 0.733. The lowest BCUT2D eigenvalue weighted by molar-refractivity contribution is -0.113. The van der Waals surface area contributed by atoms with E-state index in [0.717, 1.165) is 18.9 Å². The maximum atomic E-state index is 11.5. The molecule has 1 rings (SSSR count). The van der Waals surface area contributed by atoms with Crippen molar-refractivity contribution >= 4 is 22.6 Å². The second-order valence-electron chi connectivity index (χ2n) is 5.20. The summed E-state index contributed by atoms with van der Waals surface area (Å²) in [6, 6.07) is 0. The molecule has 0 unspecified atom stereocenters. The highest BCUT2D eigenvalue weighted by molar-refractivity contribution is 8.14. The maximum absolute atomic E-state index is 11.5. The predicted molar refractivity (Wildman–Crippen MR) is 83.0 cm³/mol. The number of aliphatic hydroxyl groups is 1. The molecule has 0 aliphatic heterocycles. The SMILES string of the molecule is CSC(=NCCC1CCCCC1)/C(C(C)=O)=C(/C)O. The highest BCUT2D eigenvalue weighted by atomic mass is 32.2. The lowest BCUT2D eigenvalue weighted by Gasteiger charge is -2.20. The quantitative estimate of drug-likeness (QED) is 0.357. The van der Waals surface area contributed by atoms with Gasteiger partial charge in [-0.15, -0.1) is 11.8 Å². The van der Waals surface area contributed by atoms with Gasteiger partial charge in [-0.2, -0.15) is 0 Å². The second kappa shape index (κ2) is 8.41. The number of allylic oxidation sites excluding steroid dienone is 1. The van der Waals surface area contributed by atoms with Gasteiger partial charge in [-0.3, -0.25) is 9.79 Å². The molecule has 1 aliphatic rings. The second-order valence-corrected chi connectivity index (χ2v) is 6.00. The first-order valence-corrected chi connectivity index (χ1v) is 8.28. The van der Waals surface area contributed by atoms with Crippen LogP contribution in [0, 0.1) is 5.92 Å². The Kier molecular flexibility index (Phi) is 7.21. The Morgan fingerprint density at radius 1 is 1.26 bits per heavy atom. The third-order valence-electron chi connectivity index (χ3n) is 3.64. The van der Waals surface area contributed by atoms with Gasteiger partial charge in [0.2, 0.25) is 0 Å². The average molecular weight is 283 g/mol. The van der Waals surface area contributed by atoms with Crippen molar-refractivity contribution in [1.82, 2.24) is 0 Å². The van der Waals surface area contributed by atoms with Crippen LogP contribution in [0.2, 0.25) is 0 Å².